The van der Waals surface area contributed by atoms with Gasteiger partial charge in [0.2, 0.25) is 0 Å². The zero-order valence-corrected chi connectivity index (χ0v) is 15.3. The summed E-state index contributed by atoms with van der Waals surface area (Å²) in [6.07, 6.45) is 4.87. The van der Waals surface area contributed by atoms with Crippen LogP contribution >= 0.6 is 0 Å². The summed E-state index contributed by atoms with van der Waals surface area (Å²) in [5.41, 5.74) is 1.61. The summed E-state index contributed by atoms with van der Waals surface area (Å²) in [4.78, 5) is 14.5. The predicted octanol–water partition coefficient (Wildman–Crippen LogP) is 4.54. The van der Waals surface area contributed by atoms with Crippen LogP contribution in [0.15, 0.2) is 77.4 Å². The molecule has 0 saturated heterocycles. The van der Waals surface area contributed by atoms with Crippen molar-refractivity contribution >= 4 is 17.7 Å². The van der Waals surface area contributed by atoms with Gasteiger partial charge in [0.05, 0.1) is 27.0 Å². The molecule has 0 saturated carbocycles. The van der Waals surface area contributed by atoms with E-state index in [1.54, 1.807) is 43.6 Å². The van der Waals surface area contributed by atoms with Crippen molar-refractivity contribution in [2.24, 2.45) is 0 Å². The average molecular weight is 363 g/mol. The van der Waals surface area contributed by atoms with Crippen LogP contribution in [0.3, 0.4) is 0 Å². The van der Waals surface area contributed by atoms with Crippen molar-refractivity contribution in [3.05, 3.63) is 84.3 Å². The van der Waals surface area contributed by atoms with E-state index in [0.29, 0.717) is 23.8 Å². The normalized spacial score (nSPS) is 10.7. The van der Waals surface area contributed by atoms with Crippen molar-refractivity contribution in [3.63, 3.8) is 0 Å². The Hall–Kier alpha value is -3.47. The monoisotopic (exact) mass is 363 g/mol. The van der Waals surface area contributed by atoms with Crippen LogP contribution < -0.4 is 14.4 Å². The van der Waals surface area contributed by atoms with Crippen molar-refractivity contribution in [2.75, 3.05) is 19.1 Å². The molecule has 0 bridgehead atoms. The lowest BCUT2D eigenvalue weighted by atomic mass is 10.1. The number of ether oxygens (including phenoxy) is 2. The van der Waals surface area contributed by atoms with Gasteiger partial charge in [-0.3, -0.25) is 4.79 Å². The fourth-order valence-corrected chi connectivity index (χ4v) is 2.65. The molecule has 3 rings (SSSR count). The van der Waals surface area contributed by atoms with Crippen LogP contribution in [0.25, 0.3) is 6.08 Å². The van der Waals surface area contributed by atoms with Crippen LogP contribution in [0, 0.1) is 0 Å². The first-order valence-corrected chi connectivity index (χ1v) is 8.49. The molecule has 5 heteroatoms. The summed E-state index contributed by atoms with van der Waals surface area (Å²) in [5.74, 6) is 1.89. The minimum absolute atomic E-state index is 0.153. The molecule has 27 heavy (non-hydrogen) atoms. The molecule has 3 aromatic rings. The number of methoxy groups -OCH3 is 2. The Balaban J connectivity index is 1.85. The lowest BCUT2D eigenvalue weighted by Crippen LogP contribution is -2.28. The molecule has 0 spiro atoms. The quantitative estimate of drug-likeness (QED) is 0.578. The van der Waals surface area contributed by atoms with E-state index in [0.717, 1.165) is 11.3 Å². The molecule has 1 aromatic heterocycles. The van der Waals surface area contributed by atoms with E-state index < -0.39 is 0 Å². The number of benzene rings is 2. The highest BCUT2D eigenvalue weighted by molar-refractivity contribution is 6.03. The number of amides is 1. The van der Waals surface area contributed by atoms with Gasteiger partial charge in [0, 0.05) is 17.8 Å². The largest absolute Gasteiger partial charge is 0.497 e. The molecule has 0 aliphatic heterocycles. The van der Waals surface area contributed by atoms with Crippen molar-refractivity contribution in [1.82, 2.24) is 0 Å². The first-order valence-electron chi connectivity index (χ1n) is 8.49. The summed E-state index contributed by atoms with van der Waals surface area (Å²) in [6, 6.07) is 18.6. The summed E-state index contributed by atoms with van der Waals surface area (Å²) >= 11 is 0. The number of hydrogen-bond acceptors (Lipinski definition) is 4. The highest BCUT2D eigenvalue weighted by Crippen LogP contribution is 2.24. The lowest BCUT2D eigenvalue weighted by molar-refractivity contribution is -0.114. The molecule has 2 aromatic carbocycles. The molecule has 0 unspecified atom stereocenters. The Bertz CT molecular complexity index is 879. The molecular formula is C22H21NO4. The number of furan rings is 1. The Morgan fingerprint density at radius 3 is 2.30 bits per heavy atom. The van der Waals surface area contributed by atoms with Gasteiger partial charge < -0.3 is 18.8 Å². The SMILES string of the molecule is COc1cc(/C=C/C(=O)N(Cc2ccco2)c2ccccc2)cc(OC)c1. The maximum atomic E-state index is 12.9. The van der Waals surface area contributed by atoms with Crippen LogP contribution in [-0.4, -0.2) is 20.1 Å². The minimum Gasteiger partial charge on any atom is -0.497 e. The molecule has 0 aliphatic rings. The van der Waals surface area contributed by atoms with E-state index in [2.05, 4.69) is 0 Å². The number of rotatable bonds is 7. The minimum atomic E-state index is -0.153. The molecule has 1 amide bonds. The van der Waals surface area contributed by atoms with Crippen LogP contribution in [0.5, 0.6) is 11.5 Å². The summed E-state index contributed by atoms with van der Waals surface area (Å²) in [7, 11) is 3.18. The number of nitrogens with zero attached hydrogens (tertiary/aromatic N) is 1. The Morgan fingerprint density at radius 2 is 1.70 bits per heavy atom. The molecule has 0 N–H and O–H groups in total. The first-order chi connectivity index (χ1) is 13.2. The summed E-state index contributed by atoms with van der Waals surface area (Å²) < 4.78 is 15.9. The van der Waals surface area contributed by atoms with Crippen molar-refractivity contribution in [3.8, 4) is 11.5 Å². The van der Waals surface area contributed by atoms with Crippen LogP contribution in [0.1, 0.15) is 11.3 Å². The molecule has 1 heterocycles. The number of hydrogen-bond donors (Lipinski definition) is 0. The van der Waals surface area contributed by atoms with E-state index in [1.807, 2.05) is 48.5 Å². The second kappa shape index (κ2) is 8.76. The van der Waals surface area contributed by atoms with Gasteiger partial charge in [-0.15, -0.1) is 0 Å². The fraction of sp³-hybridized carbons (Fsp3) is 0.136. The average Bonchev–Trinajstić information content (AvgIpc) is 3.24. The third-order valence-corrected chi connectivity index (χ3v) is 4.02. The van der Waals surface area contributed by atoms with E-state index >= 15 is 0 Å². The smallest absolute Gasteiger partial charge is 0.251 e. The molecule has 0 atom stereocenters. The van der Waals surface area contributed by atoms with Gasteiger partial charge in [-0.1, -0.05) is 18.2 Å². The van der Waals surface area contributed by atoms with Gasteiger partial charge in [-0.05, 0) is 48.0 Å². The lowest BCUT2D eigenvalue weighted by Gasteiger charge is -2.20. The van der Waals surface area contributed by atoms with E-state index in [1.165, 1.54) is 6.08 Å². The highest BCUT2D eigenvalue weighted by atomic mass is 16.5. The third kappa shape index (κ3) is 4.79. The van der Waals surface area contributed by atoms with Gasteiger partial charge in [0.15, 0.2) is 0 Å². The van der Waals surface area contributed by atoms with Crippen LogP contribution in [-0.2, 0) is 11.3 Å². The van der Waals surface area contributed by atoms with E-state index in [-0.39, 0.29) is 5.91 Å². The topological polar surface area (TPSA) is 51.9 Å². The zero-order valence-electron chi connectivity index (χ0n) is 15.3. The van der Waals surface area contributed by atoms with E-state index in [4.69, 9.17) is 13.9 Å². The number of anilines is 1. The highest BCUT2D eigenvalue weighted by Gasteiger charge is 2.15. The van der Waals surface area contributed by atoms with Crippen molar-refractivity contribution in [1.29, 1.82) is 0 Å². The molecule has 138 valence electrons. The van der Waals surface area contributed by atoms with Crippen molar-refractivity contribution < 1.29 is 18.7 Å². The first kappa shape index (κ1) is 18.3. The second-order valence-electron chi connectivity index (χ2n) is 5.82. The molecular weight excluding hydrogens is 342 g/mol. The third-order valence-electron chi connectivity index (χ3n) is 4.02. The van der Waals surface area contributed by atoms with Crippen LogP contribution in [0.2, 0.25) is 0 Å². The number of carbonyl (C=O) groups is 1. The molecule has 0 aliphatic carbocycles. The maximum absolute atomic E-state index is 12.9. The number of carbonyl (C=O) groups excluding carboxylic acids is 1. The Kier molecular flexibility index (Phi) is 5.94. The van der Waals surface area contributed by atoms with Crippen LogP contribution in [0.4, 0.5) is 5.69 Å². The van der Waals surface area contributed by atoms with Gasteiger partial charge in [0.1, 0.15) is 17.3 Å². The predicted molar refractivity (Wildman–Crippen MR) is 105 cm³/mol. The standard InChI is InChI=1S/C22H21NO4/c1-25-20-13-17(14-21(15-20)26-2)10-11-22(24)23(16-19-9-6-12-27-19)18-7-4-3-5-8-18/h3-15H,16H2,1-2H3/b11-10+. The van der Waals surface area contributed by atoms with Gasteiger partial charge in [-0.25, -0.2) is 0 Å². The van der Waals surface area contributed by atoms with Gasteiger partial charge in [-0.2, -0.15) is 0 Å². The zero-order chi connectivity index (χ0) is 19.1. The summed E-state index contributed by atoms with van der Waals surface area (Å²) in [6.45, 7) is 0.349. The molecule has 0 fully saturated rings. The second-order valence-corrected chi connectivity index (χ2v) is 5.82. The van der Waals surface area contributed by atoms with Crippen molar-refractivity contribution in [2.45, 2.75) is 6.54 Å². The van der Waals surface area contributed by atoms with E-state index in [9.17, 15) is 4.79 Å². The van der Waals surface area contributed by atoms with Gasteiger partial charge >= 0.3 is 0 Å². The molecule has 0 radical (unpaired) electrons. The molecule has 5 nitrogen and oxygen atoms in total. The number of para-hydroxylation sites is 1. The summed E-state index contributed by atoms with van der Waals surface area (Å²) in [5, 5.41) is 0. The fourth-order valence-electron chi connectivity index (χ4n) is 2.65. The maximum Gasteiger partial charge on any atom is 0.251 e. The Morgan fingerprint density at radius 1 is 1.00 bits per heavy atom. The van der Waals surface area contributed by atoms with Gasteiger partial charge in [0.25, 0.3) is 5.91 Å². The Labute approximate surface area is 158 Å².